The Hall–Kier alpha value is -2.42. The van der Waals surface area contributed by atoms with Crippen LogP contribution in [0, 0.1) is 29.6 Å². The van der Waals surface area contributed by atoms with Crippen molar-refractivity contribution in [1.82, 2.24) is 14.7 Å². The predicted molar refractivity (Wildman–Crippen MR) is 108 cm³/mol. The van der Waals surface area contributed by atoms with Gasteiger partial charge in [-0.3, -0.25) is 4.40 Å². The number of allylic oxidation sites excluding steroid dienone is 2. The predicted octanol–water partition coefficient (Wildman–Crippen LogP) is 3.89. The maximum absolute atomic E-state index is 10.0. The molecule has 3 heterocycles. The van der Waals surface area contributed by atoms with Gasteiger partial charge in [0.15, 0.2) is 4.96 Å². The molecule has 0 bridgehead atoms. The Morgan fingerprint density at radius 2 is 2.00 bits per heavy atom. The van der Waals surface area contributed by atoms with Gasteiger partial charge in [-0.1, -0.05) is 19.3 Å². The van der Waals surface area contributed by atoms with E-state index < -0.39 is 5.92 Å². The first kappa shape index (κ1) is 18.0. The van der Waals surface area contributed by atoms with Crippen LogP contribution in [0.4, 0.5) is 0 Å². The summed E-state index contributed by atoms with van der Waals surface area (Å²) >= 11 is 3.24. The van der Waals surface area contributed by atoms with Crippen LogP contribution >= 0.6 is 23.1 Å². The van der Waals surface area contributed by atoms with Gasteiger partial charge in [-0.25, -0.2) is 4.98 Å². The van der Waals surface area contributed by atoms with Gasteiger partial charge in [0, 0.05) is 16.8 Å². The van der Waals surface area contributed by atoms with Gasteiger partial charge in [0.1, 0.15) is 5.82 Å². The van der Waals surface area contributed by atoms with Gasteiger partial charge in [0.25, 0.3) is 0 Å². The molecule has 1 saturated carbocycles. The van der Waals surface area contributed by atoms with Gasteiger partial charge < -0.3 is 11.1 Å². The number of aryl methyl sites for hydroxylation is 1. The van der Waals surface area contributed by atoms with Crippen molar-refractivity contribution in [1.29, 1.82) is 10.5 Å². The van der Waals surface area contributed by atoms with E-state index in [2.05, 4.69) is 22.4 Å². The summed E-state index contributed by atoms with van der Waals surface area (Å²) in [5.41, 5.74) is 8.85. The van der Waals surface area contributed by atoms with Crippen molar-refractivity contribution in [3.8, 4) is 12.1 Å². The molecule has 3 N–H and O–H groups in total. The molecule has 4 rings (SSSR count). The molecule has 1 aliphatic heterocycles. The summed E-state index contributed by atoms with van der Waals surface area (Å²) in [6.45, 7) is 1.92. The first-order chi connectivity index (χ1) is 13.1. The number of imidazole rings is 1. The quantitative estimate of drug-likeness (QED) is 0.816. The minimum atomic E-state index is -0.489. The summed E-state index contributed by atoms with van der Waals surface area (Å²) in [5, 5.41) is 26.2. The van der Waals surface area contributed by atoms with Gasteiger partial charge in [-0.05, 0) is 19.8 Å². The molecular weight excluding hydrogens is 376 g/mol. The highest BCUT2D eigenvalue weighted by Crippen LogP contribution is 2.43. The van der Waals surface area contributed by atoms with Crippen LogP contribution in [0.25, 0.3) is 4.96 Å². The number of nitrogens with two attached hydrogens (primary N) is 1. The Morgan fingerprint density at radius 3 is 2.70 bits per heavy atom. The fourth-order valence-electron chi connectivity index (χ4n) is 3.90. The number of rotatable bonds is 3. The zero-order chi connectivity index (χ0) is 19.0. The molecule has 1 fully saturated rings. The molecule has 1 unspecified atom stereocenters. The van der Waals surface area contributed by atoms with Crippen LogP contribution in [0.1, 0.15) is 49.4 Å². The molecule has 0 saturated heterocycles. The molecule has 2 aliphatic rings. The summed E-state index contributed by atoms with van der Waals surface area (Å²) < 4.78 is 1.97. The number of hydrogen-bond acceptors (Lipinski definition) is 7. The molecule has 0 spiro atoms. The fraction of sp³-hybridized carbons (Fsp3) is 0.421. The second-order valence-corrected chi connectivity index (χ2v) is 9.05. The average molecular weight is 397 g/mol. The molecule has 1 aliphatic carbocycles. The maximum Gasteiger partial charge on any atom is 0.194 e. The Labute approximate surface area is 166 Å². The highest BCUT2D eigenvalue weighted by Gasteiger charge is 2.36. The van der Waals surface area contributed by atoms with Crippen LogP contribution in [0.5, 0.6) is 0 Å². The number of nitrogens with zero attached hydrogens (tertiary/aromatic N) is 4. The van der Waals surface area contributed by atoms with E-state index in [0.717, 1.165) is 34.2 Å². The van der Waals surface area contributed by atoms with Gasteiger partial charge >= 0.3 is 0 Å². The van der Waals surface area contributed by atoms with E-state index in [0.29, 0.717) is 22.2 Å². The topological polar surface area (TPSA) is 103 Å². The van der Waals surface area contributed by atoms with Crippen molar-refractivity contribution in [3.05, 3.63) is 45.0 Å². The number of dihydropyridines is 1. The zero-order valence-electron chi connectivity index (χ0n) is 15.0. The van der Waals surface area contributed by atoms with E-state index in [9.17, 15) is 10.5 Å². The van der Waals surface area contributed by atoms with Crippen molar-refractivity contribution in [2.75, 3.05) is 0 Å². The lowest BCUT2D eigenvalue weighted by Gasteiger charge is -2.29. The lowest BCUT2D eigenvalue weighted by Crippen LogP contribution is -2.31. The first-order valence-corrected chi connectivity index (χ1v) is 10.8. The molecule has 1 atom stereocenters. The Bertz CT molecular complexity index is 1020. The normalized spacial score (nSPS) is 21.2. The SMILES string of the molecule is Cc1nc2sccn2c1C1C(C#N)=C(N)NC(SC2CCCCC2)=C1C#N. The molecule has 6 nitrogen and oxygen atoms in total. The van der Waals surface area contributed by atoms with Crippen molar-refractivity contribution < 1.29 is 0 Å². The number of nitrogens with one attached hydrogen (secondary N) is 1. The third-order valence-electron chi connectivity index (χ3n) is 5.19. The van der Waals surface area contributed by atoms with E-state index in [1.165, 1.54) is 30.6 Å². The molecule has 0 amide bonds. The number of thioether (sulfide) groups is 1. The lowest BCUT2D eigenvalue weighted by atomic mass is 9.86. The van der Waals surface area contributed by atoms with E-state index >= 15 is 0 Å². The lowest BCUT2D eigenvalue weighted by molar-refractivity contribution is 0.516. The van der Waals surface area contributed by atoms with Gasteiger partial charge in [-0.15, -0.1) is 23.1 Å². The maximum atomic E-state index is 10.0. The molecule has 27 heavy (non-hydrogen) atoms. The minimum absolute atomic E-state index is 0.337. The molecule has 2 aromatic heterocycles. The minimum Gasteiger partial charge on any atom is -0.384 e. The average Bonchev–Trinajstić information content (AvgIpc) is 3.22. The van der Waals surface area contributed by atoms with E-state index in [4.69, 9.17) is 5.73 Å². The van der Waals surface area contributed by atoms with E-state index in [1.807, 2.05) is 22.9 Å². The number of nitriles is 2. The summed E-state index contributed by atoms with van der Waals surface area (Å²) in [5.74, 6) is -0.152. The number of aromatic nitrogens is 2. The number of hydrogen-bond donors (Lipinski definition) is 2. The number of thiazole rings is 1. The smallest absolute Gasteiger partial charge is 0.194 e. The van der Waals surface area contributed by atoms with Crippen LogP contribution in [-0.4, -0.2) is 14.6 Å². The van der Waals surface area contributed by atoms with Gasteiger partial charge in [-0.2, -0.15) is 10.5 Å². The third kappa shape index (κ3) is 3.09. The number of fused-ring (bicyclic) bond motifs is 1. The van der Waals surface area contributed by atoms with E-state index in [-0.39, 0.29) is 0 Å². The summed E-state index contributed by atoms with van der Waals surface area (Å²) in [7, 11) is 0. The second-order valence-electron chi connectivity index (χ2n) is 6.87. The molecule has 8 heteroatoms. The van der Waals surface area contributed by atoms with E-state index in [1.54, 1.807) is 11.8 Å². The van der Waals surface area contributed by atoms with Crippen LogP contribution in [0.3, 0.4) is 0 Å². The monoisotopic (exact) mass is 396 g/mol. The molecular formula is C19H20N6S2. The third-order valence-corrected chi connectivity index (χ3v) is 7.31. The first-order valence-electron chi connectivity index (χ1n) is 9.03. The zero-order valence-corrected chi connectivity index (χ0v) is 16.7. The van der Waals surface area contributed by atoms with Crippen molar-refractivity contribution in [2.45, 2.75) is 50.2 Å². The Morgan fingerprint density at radius 1 is 1.26 bits per heavy atom. The largest absolute Gasteiger partial charge is 0.384 e. The fourth-order valence-corrected chi connectivity index (χ4v) is 6.03. The summed E-state index contributed by atoms with van der Waals surface area (Å²) in [4.78, 5) is 5.46. The second kappa shape index (κ2) is 7.30. The molecule has 2 aromatic rings. The van der Waals surface area contributed by atoms with Crippen LogP contribution in [0.2, 0.25) is 0 Å². The van der Waals surface area contributed by atoms with Crippen LogP contribution < -0.4 is 11.1 Å². The molecule has 138 valence electrons. The highest BCUT2D eigenvalue weighted by atomic mass is 32.2. The highest BCUT2D eigenvalue weighted by molar-refractivity contribution is 8.03. The summed E-state index contributed by atoms with van der Waals surface area (Å²) in [6.07, 6.45) is 7.96. The molecule has 0 aromatic carbocycles. The van der Waals surface area contributed by atoms with Crippen molar-refractivity contribution in [3.63, 3.8) is 0 Å². The standard InChI is InChI=1S/C19H20N6S2/c1-11-16(25-7-8-26-19(25)23-11)15-13(9-20)17(22)24-18(14(15)10-21)27-12-5-3-2-4-6-12/h7-8,12,15,24H,2-6,22H2,1H3. The Kier molecular flexibility index (Phi) is 4.86. The molecule has 0 radical (unpaired) electrons. The summed E-state index contributed by atoms with van der Waals surface area (Å²) in [6, 6.07) is 4.59. The van der Waals surface area contributed by atoms with Crippen LogP contribution in [0.15, 0.2) is 33.6 Å². The van der Waals surface area contributed by atoms with Gasteiger partial charge in [0.2, 0.25) is 0 Å². The van der Waals surface area contributed by atoms with Crippen molar-refractivity contribution >= 4 is 28.1 Å². The van der Waals surface area contributed by atoms with Gasteiger partial charge in [0.05, 0.1) is 45.6 Å². The Balaban J connectivity index is 1.83. The van der Waals surface area contributed by atoms with Crippen molar-refractivity contribution in [2.24, 2.45) is 5.73 Å². The van der Waals surface area contributed by atoms with Crippen LogP contribution in [-0.2, 0) is 0 Å².